The molecule has 1 unspecified atom stereocenters. The van der Waals surface area contributed by atoms with Crippen molar-refractivity contribution in [3.8, 4) is 0 Å². The summed E-state index contributed by atoms with van der Waals surface area (Å²) in [6.45, 7) is 3.77. The number of aliphatic hydroxyl groups excluding tert-OH is 1. The fourth-order valence-electron chi connectivity index (χ4n) is 0.947. The molecule has 1 aromatic rings. The lowest BCUT2D eigenvalue weighted by atomic mass is 10.2. The average Bonchev–Trinajstić information content (AvgIpc) is 2.35. The van der Waals surface area contributed by atoms with E-state index in [9.17, 15) is 0 Å². The summed E-state index contributed by atoms with van der Waals surface area (Å²) in [4.78, 5) is 1.23. The van der Waals surface area contributed by atoms with Crippen LogP contribution >= 0.6 is 11.3 Å². The Labute approximate surface area is 71.0 Å². The molecule has 0 saturated carbocycles. The highest BCUT2D eigenvalue weighted by Gasteiger charge is 1.96. The maximum absolute atomic E-state index is 9.05. The van der Waals surface area contributed by atoms with Gasteiger partial charge in [0.1, 0.15) is 0 Å². The Hall–Kier alpha value is -0.600. The lowest BCUT2D eigenvalue weighted by Gasteiger charge is -1.98. The van der Waals surface area contributed by atoms with Crippen molar-refractivity contribution in [1.29, 1.82) is 0 Å². The molecule has 0 bridgehead atoms. The van der Waals surface area contributed by atoms with Gasteiger partial charge in [-0.3, -0.25) is 0 Å². The number of hydrogen-bond donors (Lipinski definition) is 1. The molecule has 0 saturated heterocycles. The molecule has 0 radical (unpaired) electrons. The van der Waals surface area contributed by atoms with E-state index in [1.165, 1.54) is 4.88 Å². The van der Waals surface area contributed by atoms with Gasteiger partial charge < -0.3 is 5.11 Å². The van der Waals surface area contributed by atoms with Crippen LogP contribution in [0.5, 0.6) is 0 Å². The molecule has 1 nitrogen and oxygen atoms in total. The van der Waals surface area contributed by atoms with Crippen molar-refractivity contribution < 1.29 is 5.11 Å². The Bertz CT molecular complexity index is 234. The molecule has 0 amide bonds. The van der Waals surface area contributed by atoms with Crippen molar-refractivity contribution in [2.24, 2.45) is 0 Å². The van der Waals surface area contributed by atoms with E-state index in [0.29, 0.717) is 0 Å². The van der Waals surface area contributed by atoms with Crippen LogP contribution in [0.4, 0.5) is 0 Å². The van der Waals surface area contributed by atoms with E-state index in [1.807, 2.05) is 24.4 Å². The molecule has 11 heavy (non-hydrogen) atoms. The van der Waals surface area contributed by atoms with Gasteiger partial charge in [-0.15, -0.1) is 11.3 Å². The SMILES string of the molecule is C/C(=C/C(C)O)c1cccs1. The van der Waals surface area contributed by atoms with Crippen molar-refractivity contribution in [2.75, 3.05) is 0 Å². The Kier molecular flexibility index (Phi) is 2.85. The maximum Gasteiger partial charge on any atom is 0.0698 e. The van der Waals surface area contributed by atoms with Gasteiger partial charge in [0.25, 0.3) is 0 Å². The van der Waals surface area contributed by atoms with E-state index in [2.05, 4.69) is 6.07 Å². The van der Waals surface area contributed by atoms with Crippen LogP contribution in [0.3, 0.4) is 0 Å². The van der Waals surface area contributed by atoms with Crippen LogP contribution in [0.15, 0.2) is 23.6 Å². The minimum atomic E-state index is -0.350. The van der Waals surface area contributed by atoms with Crippen molar-refractivity contribution in [1.82, 2.24) is 0 Å². The van der Waals surface area contributed by atoms with Gasteiger partial charge in [-0.05, 0) is 30.9 Å². The molecule has 0 aliphatic heterocycles. The molecular formula is C9H12OS. The zero-order chi connectivity index (χ0) is 8.27. The van der Waals surface area contributed by atoms with Crippen LogP contribution in [0.1, 0.15) is 18.7 Å². The van der Waals surface area contributed by atoms with Crippen molar-refractivity contribution in [2.45, 2.75) is 20.0 Å². The zero-order valence-electron chi connectivity index (χ0n) is 6.74. The minimum Gasteiger partial charge on any atom is -0.389 e. The van der Waals surface area contributed by atoms with E-state index < -0.39 is 0 Å². The molecule has 1 aromatic heterocycles. The third kappa shape index (κ3) is 2.48. The molecule has 0 aliphatic carbocycles. The maximum atomic E-state index is 9.05. The number of rotatable bonds is 2. The molecule has 0 aromatic carbocycles. The van der Waals surface area contributed by atoms with Gasteiger partial charge in [0.05, 0.1) is 6.10 Å². The van der Waals surface area contributed by atoms with Crippen LogP contribution in [0.25, 0.3) is 5.57 Å². The Balaban J connectivity index is 2.77. The summed E-state index contributed by atoms with van der Waals surface area (Å²) < 4.78 is 0. The predicted molar refractivity (Wildman–Crippen MR) is 49.7 cm³/mol. The van der Waals surface area contributed by atoms with Crippen LogP contribution in [0, 0.1) is 0 Å². The predicted octanol–water partition coefficient (Wildman–Crippen LogP) is 2.53. The number of allylic oxidation sites excluding steroid dienone is 1. The van der Waals surface area contributed by atoms with Crippen molar-refractivity contribution >= 4 is 16.9 Å². The topological polar surface area (TPSA) is 20.2 Å². The second kappa shape index (κ2) is 3.69. The van der Waals surface area contributed by atoms with E-state index >= 15 is 0 Å². The average molecular weight is 168 g/mol. The summed E-state index contributed by atoms with van der Waals surface area (Å²) in [5.74, 6) is 0. The molecule has 2 heteroatoms. The van der Waals surface area contributed by atoms with Crippen molar-refractivity contribution in [3.63, 3.8) is 0 Å². The Morgan fingerprint density at radius 3 is 2.91 bits per heavy atom. The second-order valence-electron chi connectivity index (χ2n) is 2.57. The third-order valence-electron chi connectivity index (χ3n) is 1.40. The van der Waals surface area contributed by atoms with Crippen LogP contribution in [0.2, 0.25) is 0 Å². The smallest absolute Gasteiger partial charge is 0.0698 e. The van der Waals surface area contributed by atoms with Gasteiger partial charge in [-0.1, -0.05) is 12.1 Å². The van der Waals surface area contributed by atoms with Gasteiger partial charge in [-0.2, -0.15) is 0 Å². The summed E-state index contributed by atoms with van der Waals surface area (Å²) in [5, 5.41) is 11.1. The molecule has 60 valence electrons. The summed E-state index contributed by atoms with van der Waals surface area (Å²) in [6.07, 6.45) is 1.50. The van der Waals surface area contributed by atoms with E-state index in [1.54, 1.807) is 18.3 Å². The quantitative estimate of drug-likeness (QED) is 0.719. The molecule has 0 spiro atoms. The first-order valence-corrected chi connectivity index (χ1v) is 4.48. The first-order valence-electron chi connectivity index (χ1n) is 3.60. The molecule has 1 heterocycles. The molecular weight excluding hydrogens is 156 g/mol. The molecule has 1 atom stereocenters. The fraction of sp³-hybridized carbons (Fsp3) is 0.333. The third-order valence-corrected chi connectivity index (χ3v) is 2.41. The van der Waals surface area contributed by atoms with E-state index in [-0.39, 0.29) is 6.10 Å². The summed E-state index contributed by atoms with van der Waals surface area (Å²) in [6, 6.07) is 4.07. The lowest BCUT2D eigenvalue weighted by molar-refractivity contribution is 0.244. The summed E-state index contributed by atoms with van der Waals surface area (Å²) >= 11 is 1.69. The fourth-order valence-corrected chi connectivity index (χ4v) is 1.66. The van der Waals surface area contributed by atoms with Gasteiger partial charge in [0.2, 0.25) is 0 Å². The highest BCUT2D eigenvalue weighted by molar-refractivity contribution is 7.11. The first-order chi connectivity index (χ1) is 5.20. The van der Waals surface area contributed by atoms with E-state index in [0.717, 1.165) is 5.57 Å². The zero-order valence-corrected chi connectivity index (χ0v) is 7.56. The molecule has 1 N–H and O–H groups in total. The molecule has 1 rings (SSSR count). The van der Waals surface area contributed by atoms with Crippen LogP contribution in [-0.4, -0.2) is 11.2 Å². The Morgan fingerprint density at radius 1 is 1.73 bits per heavy atom. The first kappa shape index (κ1) is 8.50. The highest BCUT2D eigenvalue weighted by atomic mass is 32.1. The minimum absolute atomic E-state index is 0.350. The van der Waals surface area contributed by atoms with Gasteiger partial charge in [0, 0.05) is 4.88 Å². The molecule has 0 aliphatic rings. The number of aliphatic hydroxyl groups is 1. The van der Waals surface area contributed by atoms with Crippen molar-refractivity contribution in [3.05, 3.63) is 28.5 Å². The summed E-state index contributed by atoms with van der Waals surface area (Å²) in [7, 11) is 0. The normalized spacial score (nSPS) is 15.0. The van der Waals surface area contributed by atoms with Gasteiger partial charge in [-0.25, -0.2) is 0 Å². The standard InChI is InChI=1S/C9H12OS/c1-7(6-8(2)10)9-4-3-5-11-9/h3-6,8,10H,1-2H3/b7-6-. The number of hydrogen-bond acceptors (Lipinski definition) is 2. The lowest BCUT2D eigenvalue weighted by Crippen LogP contribution is -1.93. The molecule has 0 fully saturated rings. The monoisotopic (exact) mass is 168 g/mol. The summed E-state index contributed by atoms with van der Waals surface area (Å²) in [5.41, 5.74) is 1.15. The van der Waals surface area contributed by atoms with E-state index in [4.69, 9.17) is 5.11 Å². The van der Waals surface area contributed by atoms with Gasteiger partial charge in [0.15, 0.2) is 0 Å². The second-order valence-corrected chi connectivity index (χ2v) is 3.52. The Morgan fingerprint density at radius 2 is 2.45 bits per heavy atom. The highest BCUT2D eigenvalue weighted by Crippen LogP contribution is 2.19. The van der Waals surface area contributed by atoms with Crippen LogP contribution in [-0.2, 0) is 0 Å². The largest absolute Gasteiger partial charge is 0.389 e. The van der Waals surface area contributed by atoms with Crippen LogP contribution < -0.4 is 0 Å². The number of thiophene rings is 1. The van der Waals surface area contributed by atoms with Gasteiger partial charge >= 0.3 is 0 Å².